The minimum absolute atomic E-state index is 0.170. The molecular formula is C20H20N2O3. The largest absolute Gasteiger partial charge is 0.494 e. The van der Waals surface area contributed by atoms with Crippen molar-refractivity contribution in [3.05, 3.63) is 59.7 Å². The molecule has 1 amide bonds. The van der Waals surface area contributed by atoms with Crippen LogP contribution in [0.15, 0.2) is 53.6 Å². The van der Waals surface area contributed by atoms with Crippen molar-refractivity contribution in [1.29, 1.82) is 0 Å². The lowest BCUT2D eigenvalue weighted by Crippen LogP contribution is -2.17. The summed E-state index contributed by atoms with van der Waals surface area (Å²) in [6, 6.07) is 14.2. The topological polar surface area (TPSA) is 59.9 Å². The number of benzene rings is 2. The molecule has 0 aliphatic carbocycles. The number of nitrogens with zero attached hydrogens (tertiary/aromatic N) is 1. The zero-order chi connectivity index (χ0) is 17.9. The van der Waals surface area contributed by atoms with Gasteiger partial charge in [-0.2, -0.15) is 5.10 Å². The second kappa shape index (κ2) is 9.78. The molecule has 2 aromatic carbocycles. The van der Waals surface area contributed by atoms with E-state index in [9.17, 15) is 4.79 Å². The van der Waals surface area contributed by atoms with Crippen molar-refractivity contribution in [2.24, 2.45) is 5.10 Å². The monoisotopic (exact) mass is 336 g/mol. The van der Waals surface area contributed by atoms with E-state index in [0.29, 0.717) is 17.9 Å². The standard InChI is InChI=1S/C20H20N2O3/c1-3-13-24-18-11-9-16(10-12-18)20(23)22-21-15-17-7-5-6-8-19(17)25-14-4-2/h2,5-12,15H,3,13-14H2,1H3,(H,22,23)/b21-15-. The molecule has 0 saturated carbocycles. The van der Waals surface area contributed by atoms with E-state index in [0.717, 1.165) is 17.7 Å². The number of carbonyl (C=O) groups is 1. The number of nitrogens with one attached hydrogen (secondary N) is 1. The number of hydrogen-bond donors (Lipinski definition) is 1. The Morgan fingerprint density at radius 2 is 1.96 bits per heavy atom. The second-order valence-electron chi connectivity index (χ2n) is 5.10. The summed E-state index contributed by atoms with van der Waals surface area (Å²) >= 11 is 0. The SMILES string of the molecule is C#CCOc1ccccc1/C=N\NC(=O)c1ccc(OCCC)cc1. The van der Waals surface area contributed by atoms with Gasteiger partial charge in [-0.3, -0.25) is 4.79 Å². The van der Waals surface area contributed by atoms with Crippen LogP contribution >= 0.6 is 0 Å². The lowest BCUT2D eigenvalue weighted by atomic mass is 10.2. The van der Waals surface area contributed by atoms with Crippen molar-refractivity contribution in [3.63, 3.8) is 0 Å². The van der Waals surface area contributed by atoms with Crippen LogP contribution in [0.1, 0.15) is 29.3 Å². The summed E-state index contributed by atoms with van der Waals surface area (Å²) in [5.41, 5.74) is 3.71. The summed E-state index contributed by atoms with van der Waals surface area (Å²) in [4.78, 5) is 12.1. The van der Waals surface area contributed by atoms with E-state index in [1.165, 1.54) is 6.21 Å². The number of carbonyl (C=O) groups excluding carboxylic acids is 1. The van der Waals surface area contributed by atoms with E-state index in [1.54, 1.807) is 30.3 Å². The first kappa shape index (κ1) is 18.1. The van der Waals surface area contributed by atoms with E-state index in [1.807, 2.05) is 25.1 Å². The van der Waals surface area contributed by atoms with Gasteiger partial charge in [-0.25, -0.2) is 5.43 Å². The number of para-hydroxylation sites is 1. The third-order valence-electron chi connectivity index (χ3n) is 3.19. The summed E-state index contributed by atoms with van der Waals surface area (Å²) in [6.45, 7) is 2.86. The lowest BCUT2D eigenvalue weighted by Gasteiger charge is -2.06. The van der Waals surface area contributed by atoms with Crippen LogP contribution < -0.4 is 14.9 Å². The van der Waals surface area contributed by atoms with E-state index in [2.05, 4.69) is 16.4 Å². The maximum Gasteiger partial charge on any atom is 0.271 e. The number of hydrazone groups is 1. The van der Waals surface area contributed by atoms with Gasteiger partial charge in [-0.15, -0.1) is 6.42 Å². The van der Waals surface area contributed by atoms with Crippen molar-refractivity contribution in [2.45, 2.75) is 13.3 Å². The summed E-state index contributed by atoms with van der Waals surface area (Å²) in [6.07, 6.45) is 7.64. The molecule has 0 saturated heterocycles. The van der Waals surface area contributed by atoms with Gasteiger partial charge in [0.25, 0.3) is 5.91 Å². The summed E-state index contributed by atoms with van der Waals surface area (Å²) < 4.78 is 10.9. The van der Waals surface area contributed by atoms with Gasteiger partial charge in [0, 0.05) is 11.1 Å². The highest BCUT2D eigenvalue weighted by atomic mass is 16.5. The van der Waals surface area contributed by atoms with Gasteiger partial charge in [-0.05, 0) is 42.8 Å². The molecule has 0 aliphatic heterocycles. The molecule has 0 aromatic heterocycles. The average Bonchev–Trinajstić information content (AvgIpc) is 2.66. The summed E-state index contributed by atoms with van der Waals surface area (Å²) in [5.74, 6) is 3.45. The van der Waals surface area contributed by atoms with E-state index < -0.39 is 0 Å². The zero-order valence-electron chi connectivity index (χ0n) is 14.1. The van der Waals surface area contributed by atoms with Crippen molar-refractivity contribution in [2.75, 3.05) is 13.2 Å². The molecule has 0 unspecified atom stereocenters. The Hall–Kier alpha value is -3.26. The third-order valence-corrected chi connectivity index (χ3v) is 3.19. The molecule has 1 N–H and O–H groups in total. The average molecular weight is 336 g/mol. The Bertz CT molecular complexity index is 761. The number of rotatable bonds is 8. The first-order valence-electron chi connectivity index (χ1n) is 7.96. The minimum Gasteiger partial charge on any atom is -0.494 e. The molecule has 128 valence electrons. The highest BCUT2D eigenvalue weighted by Crippen LogP contribution is 2.15. The van der Waals surface area contributed by atoms with Crippen LogP contribution in [-0.4, -0.2) is 25.3 Å². The Labute approximate surface area is 147 Å². The molecule has 0 aliphatic rings. The fourth-order valence-electron chi connectivity index (χ4n) is 1.99. The quantitative estimate of drug-likeness (QED) is 0.457. The summed E-state index contributed by atoms with van der Waals surface area (Å²) in [7, 11) is 0. The predicted octanol–water partition coefficient (Wildman–Crippen LogP) is 3.25. The van der Waals surface area contributed by atoms with Gasteiger partial charge < -0.3 is 9.47 Å². The fourth-order valence-corrected chi connectivity index (χ4v) is 1.99. The van der Waals surface area contributed by atoms with Crippen molar-refractivity contribution in [1.82, 2.24) is 5.43 Å². The molecule has 0 spiro atoms. The molecule has 5 heteroatoms. The van der Waals surface area contributed by atoms with Gasteiger partial charge in [0.15, 0.2) is 0 Å². The minimum atomic E-state index is -0.305. The lowest BCUT2D eigenvalue weighted by molar-refractivity contribution is 0.0955. The van der Waals surface area contributed by atoms with E-state index >= 15 is 0 Å². The normalized spacial score (nSPS) is 10.2. The number of amides is 1. The van der Waals surface area contributed by atoms with Gasteiger partial charge in [0.05, 0.1) is 12.8 Å². The van der Waals surface area contributed by atoms with Crippen LogP contribution in [0.5, 0.6) is 11.5 Å². The number of terminal acetylenes is 1. The Morgan fingerprint density at radius 3 is 2.68 bits per heavy atom. The summed E-state index contributed by atoms with van der Waals surface area (Å²) in [5, 5.41) is 3.97. The highest BCUT2D eigenvalue weighted by Gasteiger charge is 2.05. The van der Waals surface area contributed by atoms with Crippen molar-refractivity contribution in [3.8, 4) is 23.8 Å². The maximum atomic E-state index is 12.1. The molecular weight excluding hydrogens is 316 g/mol. The van der Waals surface area contributed by atoms with Gasteiger partial charge >= 0.3 is 0 Å². The van der Waals surface area contributed by atoms with Crippen LogP contribution in [0.2, 0.25) is 0 Å². The molecule has 0 radical (unpaired) electrons. The van der Waals surface area contributed by atoms with Gasteiger partial charge in [0.2, 0.25) is 0 Å². The number of ether oxygens (including phenoxy) is 2. The highest BCUT2D eigenvalue weighted by molar-refractivity contribution is 5.95. The smallest absolute Gasteiger partial charge is 0.271 e. The number of hydrogen-bond acceptors (Lipinski definition) is 4. The van der Waals surface area contributed by atoms with Crippen molar-refractivity contribution >= 4 is 12.1 Å². The molecule has 0 bridgehead atoms. The third kappa shape index (κ3) is 5.70. The maximum absolute atomic E-state index is 12.1. The fraction of sp³-hybridized carbons (Fsp3) is 0.200. The molecule has 5 nitrogen and oxygen atoms in total. The first-order valence-corrected chi connectivity index (χ1v) is 7.96. The zero-order valence-corrected chi connectivity index (χ0v) is 14.1. The molecule has 25 heavy (non-hydrogen) atoms. The van der Waals surface area contributed by atoms with Gasteiger partial charge in [-0.1, -0.05) is 25.0 Å². The predicted molar refractivity (Wildman–Crippen MR) is 98.1 cm³/mol. The van der Waals surface area contributed by atoms with E-state index in [-0.39, 0.29) is 12.5 Å². The Balaban J connectivity index is 1.95. The second-order valence-corrected chi connectivity index (χ2v) is 5.10. The molecule has 0 fully saturated rings. The van der Waals surface area contributed by atoms with Crippen LogP contribution in [-0.2, 0) is 0 Å². The van der Waals surface area contributed by atoms with Crippen LogP contribution in [0, 0.1) is 12.3 Å². The Morgan fingerprint density at radius 1 is 1.20 bits per heavy atom. The van der Waals surface area contributed by atoms with Crippen LogP contribution in [0.3, 0.4) is 0 Å². The Kier molecular flexibility index (Phi) is 7.08. The molecule has 0 atom stereocenters. The van der Waals surface area contributed by atoms with E-state index in [4.69, 9.17) is 15.9 Å². The molecule has 0 heterocycles. The van der Waals surface area contributed by atoms with Crippen LogP contribution in [0.25, 0.3) is 0 Å². The van der Waals surface area contributed by atoms with Gasteiger partial charge in [0.1, 0.15) is 18.1 Å². The van der Waals surface area contributed by atoms with Crippen molar-refractivity contribution < 1.29 is 14.3 Å². The molecule has 2 rings (SSSR count). The first-order chi connectivity index (χ1) is 12.2. The van der Waals surface area contributed by atoms with Crippen LogP contribution in [0.4, 0.5) is 0 Å². The molecule has 2 aromatic rings.